The van der Waals surface area contributed by atoms with Crippen molar-refractivity contribution in [1.29, 1.82) is 0 Å². The summed E-state index contributed by atoms with van der Waals surface area (Å²) in [6, 6.07) is 6.80. The molecule has 0 amide bonds. The molecule has 102 valence electrons. The van der Waals surface area contributed by atoms with E-state index < -0.39 is 0 Å². The van der Waals surface area contributed by atoms with Crippen LogP contribution in [0.25, 0.3) is 0 Å². The fourth-order valence-corrected chi connectivity index (χ4v) is 2.13. The molecule has 0 heterocycles. The third kappa shape index (κ3) is 3.64. The number of methoxy groups -OCH3 is 2. The van der Waals surface area contributed by atoms with Crippen molar-refractivity contribution in [2.45, 2.75) is 45.7 Å². The molecule has 0 fully saturated rings. The zero-order valence-electron chi connectivity index (χ0n) is 12.3. The Kier molecular flexibility index (Phi) is 5.48. The normalized spacial score (nSPS) is 14.4. The highest BCUT2D eigenvalue weighted by Crippen LogP contribution is 2.32. The van der Waals surface area contributed by atoms with Gasteiger partial charge in [0.2, 0.25) is 0 Å². The first-order valence-corrected chi connectivity index (χ1v) is 6.47. The molecule has 0 saturated heterocycles. The molecule has 1 aromatic carbocycles. The fourth-order valence-electron chi connectivity index (χ4n) is 2.13. The molecule has 3 nitrogen and oxygen atoms in total. The summed E-state index contributed by atoms with van der Waals surface area (Å²) in [7, 11) is 3.39. The minimum absolute atomic E-state index is 0.359. The Hall–Kier alpha value is -1.22. The van der Waals surface area contributed by atoms with Crippen LogP contribution in [0.4, 0.5) is 0 Å². The SMILES string of the molecule is COc1ccc(OC)c(C(C)C(C)NC(C)C)c1. The summed E-state index contributed by atoms with van der Waals surface area (Å²) in [5, 5.41) is 3.53. The summed E-state index contributed by atoms with van der Waals surface area (Å²) in [5.74, 6) is 2.15. The number of benzene rings is 1. The van der Waals surface area contributed by atoms with E-state index >= 15 is 0 Å². The quantitative estimate of drug-likeness (QED) is 0.842. The van der Waals surface area contributed by atoms with Gasteiger partial charge < -0.3 is 14.8 Å². The highest BCUT2D eigenvalue weighted by atomic mass is 16.5. The van der Waals surface area contributed by atoms with Crippen LogP contribution in [0.3, 0.4) is 0 Å². The maximum absolute atomic E-state index is 5.44. The Morgan fingerprint density at radius 2 is 1.67 bits per heavy atom. The van der Waals surface area contributed by atoms with Crippen molar-refractivity contribution >= 4 is 0 Å². The van der Waals surface area contributed by atoms with Crippen LogP contribution in [0, 0.1) is 0 Å². The summed E-state index contributed by atoms with van der Waals surface area (Å²) >= 11 is 0. The van der Waals surface area contributed by atoms with Crippen LogP contribution >= 0.6 is 0 Å². The molecule has 0 aliphatic heterocycles. The van der Waals surface area contributed by atoms with Gasteiger partial charge in [-0.2, -0.15) is 0 Å². The van der Waals surface area contributed by atoms with Gasteiger partial charge in [0.05, 0.1) is 14.2 Å². The molecule has 0 aromatic heterocycles. The van der Waals surface area contributed by atoms with Crippen molar-refractivity contribution in [1.82, 2.24) is 5.32 Å². The van der Waals surface area contributed by atoms with Crippen molar-refractivity contribution in [2.75, 3.05) is 14.2 Å². The highest BCUT2D eigenvalue weighted by molar-refractivity contribution is 5.42. The van der Waals surface area contributed by atoms with Gasteiger partial charge in [-0.1, -0.05) is 20.8 Å². The van der Waals surface area contributed by atoms with Gasteiger partial charge in [0.25, 0.3) is 0 Å². The van der Waals surface area contributed by atoms with Gasteiger partial charge in [-0.05, 0) is 31.0 Å². The molecule has 2 atom stereocenters. The number of nitrogens with one attached hydrogen (secondary N) is 1. The van der Waals surface area contributed by atoms with Crippen LogP contribution in [-0.4, -0.2) is 26.3 Å². The lowest BCUT2D eigenvalue weighted by Gasteiger charge is -2.25. The second-order valence-corrected chi connectivity index (χ2v) is 5.01. The van der Waals surface area contributed by atoms with Crippen molar-refractivity contribution in [3.8, 4) is 11.5 Å². The number of hydrogen-bond acceptors (Lipinski definition) is 3. The van der Waals surface area contributed by atoms with Gasteiger partial charge in [-0.15, -0.1) is 0 Å². The van der Waals surface area contributed by atoms with E-state index in [-0.39, 0.29) is 0 Å². The van der Waals surface area contributed by atoms with E-state index in [9.17, 15) is 0 Å². The molecule has 0 bridgehead atoms. The molecule has 1 N–H and O–H groups in total. The molecule has 0 radical (unpaired) electrons. The van der Waals surface area contributed by atoms with E-state index in [0.29, 0.717) is 18.0 Å². The predicted molar refractivity (Wildman–Crippen MR) is 75.7 cm³/mol. The molecule has 2 unspecified atom stereocenters. The van der Waals surface area contributed by atoms with Crippen molar-refractivity contribution in [3.63, 3.8) is 0 Å². The molecule has 0 aliphatic carbocycles. The average molecular weight is 251 g/mol. The van der Waals surface area contributed by atoms with E-state index in [1.54, 1.807) is 14.2 Å². The largest absolute Gasteiger partial charge is 0.497 e. The third-order valence-corrected chi connectivity index (χ3v) is 3.27. The summed E-state index contributed by atoms with van der Waals surface area (Å²) in [6.45, 7) is 8.72. The smallest absolute Gasteiger partial charge is 0.122 e. The van der Waals surface area contributed by atoms with Crippen LogP contribution in [0.5, 0.6) is 11.5 Å². The van der Waals surface area contributed by atoms with E-state index in [1.165, 1.54) is 5.56 Å². The molecule has 1 aromatic rings. The highest BCUT2D eigenvalue weighted by Gasteiger charge is 2.19. The van der Waals surface area contributed by atoms with Crippen molar-refractivity contribution in [2.24, 2.45) is 0 Å². The Bertz CT molecular complexity index is 377. The standard InChI is InChI=1S/C15H25NO2/c1-10(2)16-12(4)11(3)14-9-13(17-5)7-8-15(14)18-6/h7-12,16H,1-6H3. The monoisotopic (exact) mass is 251 g/mol. The zero-order valence-corrected chi connectivity index (χ0v) is 12.3. The van der Waals surface area contributed by atoms with Gasteiger partial charge in [-0.25, -0.2) is 0 Å². The lowest BCUT2D eigenvalue weighted by Crippen LogP contribution is -2.36. The first kappa shape index (κ1) is 14.8. The topological polar surface area (TPSA) is 30.5 Å². The second kappa shape index (κ2) is 6.64. The van der Waals surface area contributed by atoms with E-state index in [4.69, 9.17) is 9.47 Å². The van der Waals surface area contributed by atoms with Crippen molar-refractivity contribution < 1.29 is 9.47 Å². The molecule has 0 saturated carbocycles. The molecule has 0 spiro atoms. The minimum atomic E-state index is 0.359. The maximum atomic E-state index is 5.44. The summed E-state index contributed by atoms with van der Waals surface area (Å²) < 4.78 is 10.7. The number of ether oxygens (including phenoxy) is 2. The summed E-state index contributed by atoms with van der Waals surface area (Å²) in [5.41, 5.74) is 1.18. The van der Waals surface area contributed by atoms with Crippen LogP contribution in [-0.2, 0) is 0 Å². The average Bonchev–Trinajstić information content (AvgIpc) is 2.36. The van der Waals surface area contributed by atoms with Gasteiger partial charge in [0.1, 0.15) is 11.5 Å². The lowest BCUT2D eigenvalue weighted by atomic mass is 9.93. The van der Waals surface area contributed by atoms with Crippen LogP contribution in [0.15, 0.2) is 18.2 Å². The van der Waals surface area contributed by atoms with Gasteiger partial charge in [0, 0.05) is 17.6 Å². The Morgan fingerprint density at radius 3 is 2.17 bits per heavy atom. The van der Waals surface area contributed by atoms with E-state index in [0.717, 1.165) is 11.5 Å². The first-order chi connectivity index (χ1) is 8.49. The molecule has 3 heteroatoms. The number of hydrogen-bond donors (Lipinski definition) is 1. The molecular weight excluding hydrogens is 226 g/mol. The Labute approximate surface area is 110 Å². The Balaban J connectivity index is 2.98. The van der Waals surface area contributed by atoms with Crippen LogP contribution in [0.1, 0.15) is 39.2 Å². The Morgan fingerprint density at radius 1 is 1.00 bits per heavy atom. The number of rotatable bonds is 6. The van der Waals surface area contributed by atoms with Gasteiger partial charge in [-0.3, -0.25) is 0 Å². The van der Waals surface area contributed by atoms with E-state index in [1.807, 2.05) is 12.1 Å². The van der Waals surface area contributed by atoms with Crippen LogP contribution in [0.2, 0.25) is 0 Å². The van der Waals surface area contributed by atoms with E-state index in [2.05, 4.69) is 39.1 Å². The van der Waals surface area contributed by atoms with Crippen LogP contribution < -0.4 is 14.8 Å². The second-order valence-electron chi connectivity index (χ2n) is 5.01. The molecular formula is C15H25NO2. The third-order valence-electron chi connectivity index (χ3n) is 3.27. The summed E-state index contributed by atoms with van der Waals surface area (Å²) in [4.78, 5) is 0. The molecule has 18 heavy (non-hydrogen) atoms. The maximum Gasteiger partial charge on any atom is 0.122 e. The molecule has 1 rings (SSSR count). The van der Waals surface area contributed by atoms with Gasteiger partial charge in [0.15, 0.2) is 0 Å². The lowest BCUT2D eigenvalue weighted by molar-refractivity contribution is 0.383. The van der Waals surface area contributed by atoms with Gasteiger partial charge >= 0.3 is 0 Å². The van der Waals surface area contributed by atoms with Crippen molar-refractivity contribution in [3.05, 3.63) is 23.8 Å². The first-order valence-electron chi connectivity index (χ1n) is 6.47. The predicted octanol–water partition coefficient (Wildman–Crippen LogP) is 3.19. The minimum Gasteiger partial charge on any atom is -0.497 e. The zero-order chi connectivity index (χ0) is 13.7. The fraction of sp³-hybridized carbons (Fsp3) is 0.600. The summed E-state index contributed by atoms with van der Waals surface area (Å²) in [6.07, 6.45) is 0. The molecule has 0 aliphatic rings.